The van der Waals surface area contributed by atoms with Crippen LogP contribution in [0.4, 0.5) is 0 Å². The fourth-order valence-electron chi connectivity index (χ4n) is 1.94. The number of hydrogen-bond acceptors (Lipinski definition) is 3. The molecule has 2 rings (SSSR count). The molecule has 0 N–H and O–H groups in total. The minimum absolute atomic E-state index is 0.212. The SMILES string of the molecule is CCc1cc(B2OC(C)(C)C(C)(C)O2)c(C)s1. The van der Waals surface area contributed by atoms with Crippen LogP contribution in [-0.2, 0) is 15.7 Å². The van der Waals surface area contributed by atoms with Crippen LogP contribution in [0.3, 0.4) is 0 Å². The van der Waals surface area contributed by atoms with Crippen LogP contribution in [0, 0.1) is 6.92 Å². The van der Waals surface area contributed by atoms with E-state index in [2.05, 4.69) is 47.6 Å². The highest BCUT2D eigenvalue weighted by Gasteiger charge is 2.52. The van der Waals surface area contributed by atoms with Crippen LogP contribution >= 0.6 is 11.3 Å². The molecular weight excluding hydrogens is 231 g/mol. The van der Waals surface area contributed by atoms with Crippen LogP contribution in [0.5, 0.6) is 0 Å². The molecule has 1 saturated heterocycles. The van der Waals surface area contributed by atoms with Crippen molar-refractivity contribution in [2.75, 3.05) is 0 Å². The molecule has 17 heavy (non-hydrogen) atoms. The minimum Gasteiger partial charge on any atom is -0.399 e. The summed E-state index contributed by atoms with van der Waals surface area (Å²) in [4.78, 5) is 2.70. The lowest BCUT2D eigenvalue weighted by Crippen LogP contribution is -2.41. The fraction of sp³-hybridized carbons (Fsp3) is 0.692. The smallest absolute Gasteiger partial charge is 0.399 e. The second kappa shape index (κ2) is 4.11. The molecule has 0 amide bonds. The van der Waals surface area contributed by atoms with Crippen LogP contribution in [0.25, 0.3) is 0 Å². The molecule has 1 aromatic rings. The van der Waals surface area contributed by atoms with Gasteiger partial charge in [0.25, 0.3) is 0 Å². The van der Waals surface area contributed by atoms with Gasteiger partial charge in [-0.05, 0) is 52.6 Å². The molecule has 0 spiro atoms. The van der Waals surface area contributed by atoms with Gasteiger partial charge in [0.05, 0.1) is 11.2 Å². The second-order valence-corrected chi connectivity index (χ2v) is 7.01. The van der Waals surface area contributed by atoms with Crippen LogP contribution < -0.4 is 5.46 Å². The highest BCUT2D eigenvalue weighted by molar-refractivity contribution is 7.13. The van der Waals surface area contributed by atoms with Gasteiger partial charge in [0.15, 0.2) is 0 Å². The lowest BCUT2D eigenvalue weighted by molar-refractivity contribution is 0.00578. The van der Waals surface area contributed by atoms with E-state index in [-0.39, 0.29) is 18.3 Å². The molecule has 1 fully saturated rings. The molecular formula is C13H21BO2S. The molecule has 1 aliphatic heterocycles. The number of aryl methyl sites for hydroxylation is 2. The van der Waals surface area contributed by atoms with E-state index < -0.39 is 0 Å². The molecule has 2 heterocycles. The summed E-state index contributed by atoms with van der Waals surface area (Å²) >= 11 is 1.84. The van der Waals surface area contributed by atoms with E-state index in [4.69, 9.17) is 9.31 Å². The van der Waals surface area contributed by atoms with Crippen molar-refractivity contribution in [1.29, 1.82) is 0 Å². The third-order valence-electron chi connectivity index (χ3n) is 3.86. The quantitative estimate of drug-likeness (QED) is 0.753. The monoisotopic (exact) mass is 252 g/mol. The summed E-state index contributed by atoms with van der Waals surface area (Å²) < 4.78 is 12.1. The van der Waals surface area contributed by atoms with Gasteiger partial charge in [-0.3, -0.25) is 0 Å². The highest BCUT2D eigenvalue weighted by Crippen LogP contribution is 2.37. The van der Waals surface area contributed by atoms with Gasteiger partial charge in [0.2, 0.25) is 0 Å². The number of rotatable bonds is 2. The van der Waals surface area contributed by atoms with Gasteiger partial charge in [-0.2, -0.15) is 0 Å². The van der Waals surface area contributed by atoms with Gasteiger partial charge in [-0.15, -0.1) is 11.3 Å². The van der Waals surface area contributed by atoms with Gasteiger partial charge in [-0.1, -0.05) is 6.92 Å². The summed E-state index contributed by atoms with van der Waals surface area (Å²) in [5, 5.41) is 0. The zero-order valence-corrected chi connectivity index (χ0v) is 12.4. The zero-order valence-electron chi connectivity index (χ0n) is 11.6. The van der Waals surface area contributed by atoms with E-state index >= 15 is 0 Å². The van der Waals surface area contributed by atoms with E-state index in [9.17, 15) is 0 Å². The lowest BCUT2D eigenvalue weighted by atomic mass is 9.79. The minimum atomic E-state index is -0.252. The van der Waals surface area contributed by atoms with Crippen molar-refractivity contribution in [1.82, 2.24) is 0 Å². The average Bonchev–Trinajstić information content (AvgIpc) is 2.66. The predicted octanol–water partition coefficient (Wildman–Crippen LogP) is 2.92. The predicted molar refractivity (Wildman–Crippen MR) is 74.2 cm³/mol. The van der Waals surface area contributed by atoms with Crippen molar-refractivity contribution < 1.29 is 9.31 Å². The molecule has 1 aliphatic rings. The third-order valence-corrected chi connectivity index (χ3v) is 5.07. The maximum Gasteiger partial charge on any atom is 0.495 e. The largest absolute Gasteiger partial charge is 0.495 e. The normalized spacial score (nSPS) is 22.1. The number of hydrogen-bond donors (Lipinski definition) is 0. The Labute approximate surface area is 108 Å². The average molecular weight is 252 g/mol. The summed E-state index contributed by atoms with van der Waals surface area (Å²) in [6, 6.07) is 2.22. The van der Waals surface area contributed by atoms with Gasteiger partial charge >= 0.3 is 7.12 Å². The molecule has 94 valence electrons. The van der Waals surface area contributed by atoms with Gasteiger partial charge in [-0.25, -0.2) is 0 Å². The Kier molecular flexibility index (Phi) is 3.17. The van der Waals surface area contributed by atoms with Crippen LogP contribution in [0.2, 0.25) is 0 Å². The first-order valence-electron chi connectivity index (χ1n) is 6.21. The Morgan fingerprint density at radius 2 is 1.71 bits per heavy atom. The summed E-state index contributed by atoms with van der Waals surface area (Å²) in [7, 11) is -0.212. The molecule has 0 unspecified atom stereocenters. The first-order valence-corrected chi connectivity index (χ1v) is 7.03. The van der Waals surface area contributed by atoms with Crippen molar-refractivity contribution in [3.05, 3.63) is 15.8 Å². The van der Waals surface area contributed by atoms with Crippen molar-refractivity contribution >= 4 is 23.9 Å². The molecule has 4 heteroatoms. The first kappa shape index (κ1) is 13.1. The van der Waals surface area contributed by atoms with Crippen molar-refractivity contribution in [3.8, 4) is 0 Å². The molecule has 0 atom stereocenters. The molecule has 0 aromatic carbocycles. The van der Waals surface area contributed by atoms with E-state index in [1.807, 2.05) is 11.3 Å². The molecule has 0 aliphatic carbocycles. The topological polar surface area (TPSA) is 18.5 Å². The molecule has 1 aromatic heterocycles. The van der Waals surface area contributed by atoms with Gasteiger partial charge in [0.1, 0.15) is 0 Å². The third kappa shape index (κ3) is 2.18. The Bertz CT molecular complexity index is 407. The van der Waals surface area contributed by atoms with E-state index in [0.29, 0.717) is 0 Å². The maximum absolute atomic E-state index is 6.07. The molecule has 2 nitrogen and oxygen atoms in total. The first-order chi connectivity index (χ1) is 7.77. The zero-order chi connectivity index (χ0) is 12.8. The van der Waals surface area contributed by atoms with Crippen molar-refractivity contribution in [3.63, 3.8) is 0 Å². The second-order valence-electron chi connectivity index (χ2n) is 5.67. The highest BCUT2D eigenvalue weighted by atomic mass is 32.1. The summed E-state index contributed by atoms with van der Waals surface area (Å²) in [6.45, 7) is 12.7. The van der Waals surface area contributed by atoms with Gasteiger partial charge < -0.3 is 9.31 Å². The van der Waals surface area contributed by atoms with Crippen molar-refractivity contribution in [2.24, 2.45) is 0 Å². The summed E-state index contributed by atoms with van der Waals surface area (Å²) in [6.07, 6.45) is 1.07. The Balaban J connectivity index is 2.28. The Hall–Kier alpha value is -0.315. The van der Waals surface area contributed by atoms with E-state index in [0.717, 1.165) is 6.42 Å². The van der Waals surface area contributed by atoms with Crippen LogP contribution in [0.15, 0.2) is 6.07 Å². The Morgan fingerprint density at radius 1 is 1.18 bits per heavy atom. The standard InChI is InChI=1S/C13H21BO2S/c1-7-10-8-11(9(2)17-10)14-15-12(3,4)13(5,6)16-14/h8H,7H2,1-6H3. The number of thiophene rings is 1. The van der Waals surface area contributed by atoms with Crippen LogP contribution in [0.1, 0.15) is 44.4 Å². The fourth-order valence-corrected chi connectivity index (χ4v) is 2.93. The Morgan fingerprint density at radius 3 is 2.12 bits per heavy atom. The van der Waals surface area contributed by atoms with Gasteiger partial charge in [0, 0.05) is 9.75 Å². The maximum atomic E-state index is 6.07. The molecule has 0 radical (unpaired) electrons. The van der Waals surface area contributed by atoms with E-state index in [1.54, 1.807) is 0 Å². The van der Waals surface area contributed by atoms with E-state index in [1.165, 1.54) is 15.2 Å². The van der Waals surface area contributed by atoms with Crippen LogP contribution in [-0.4, -0.2) is 18.3 Å². The summed E-state index contributed by atoms with van der Waals surface area (Å²) in [5.74, 6) is 0. The molecule has 0 saturated carbocycles. The molecule has 0 bridgehead atoms. The summed E-state index contributed by atoms with van der Waals surface area (Å²) in [5.41, 5.74) is 0.696. The van der Waals surface area contributed by atoms with Crippen molar-refractivity contribution in [2.45, 2.75) is 59.2 Å². The lowest BCUT2D eigenvalue weighted by Gasteiger charge is -2.32.